The number of pyridine rings is 1. The third kappa shape index (κ3) is 3.27. The van der Waals surface area contributed by atoms with Gasteiger partial charge in [0.25, 0.3) is 0 Å². The number of aromatic nitrogens is 1. The van der Waals surface area contributed by atoms with E-state index in [-0.39, 0.29) is 22.7 Å². The zero-order valence-electron chi connectivity index (χ0n) is 14.1. The predicted octanol–water partition coefficient (Wildman–Crippen LogP) is 5.74. The number of alkyl halides is 3. The molecule has 1 N–H and O–H groups in total. The van der Waals surface area contributed by atoms with Crippen LogP contribution in [0.4, 0.5) is 13.2 Å². The van der Waals surface area contributed by atoms with Crippen LogP contribution < -0.4 is 0 Å². The largest absolute Gasteiger partial charge is 0.478 e. The average Bonchev–Trinajstić information content (AvgIpc) is 2.59. The van der Waals surface area contributed by atoms with Crippen LogP contribution >= 0.6 is 0 Å². The van der Waals surface area contributed by atoms with Crippen molar-refractivity contribution >= 4 is 16.9 Å². The molecule has 0 saturated carbocycles. The maximum atomic E-state index is 13.0. The summed E-state index contributed by atoms with van der Waals surface area (Å²) < 4.78 is 39.0. The van der Waals surface area contributed by atoms with Crippen molar-refractivity contribution in [2.24, 2.45) is 0 Å². The zero-order chi connectivity index (χ0) is 19.1. The standard InChI is InChI=1S/C20H16F3NO2/c1-11(2)14-7-4-8-15-16(19(25)26)10-17(24-18(14)15)12-5-3-6-13(9-12)20(21,22)23/h3-11H,1-2H3,(H,25,26). The second kappa shape index (κ2) is 6.44. The highest BCUT2D eigenvalue weighted by atomic mass is 19.4. The van der Waals surface area contributed by atoms with Gasteiger partial charge >= 0.3 is 12.1 Å². The molecule has 0 aliphatic carbocycles. The van der Waals surface area contributed by atoms with Gasteiger partial charge in [0, 0.05) is 10.9 Å². The second-order valence-electron chi connectivity index (χ2n) is 6.34. The molecule has 0 atom stereocenters. The van der Waals surface area contributed by atoms with Crippen molar-refractivity contribution in [3.05, 3.63) is 65.2 Å². The Morgan fingerprint density at radius 1 is 1.08 bits per heavy atom. The number of halogens is 3. The normalized spacial score (nSPS) is 11.9. The van der Waals surface area contributed by atoms with E-state index in [4.69, 9.17) is 0 Å². The first kappa shape index (κ1) is 17.9. The lowest BCUT2D eigenvalue weighted by molar-refractivity contribution is -0.137. The third-order valence-corrected chi connectivity index (χ3v) is 4.21. The average molecular weight is 359 g/mol. The van der Waals surface area contributed by atoms with E-state index < -0.39 is 17.7 Å². The number of nitrogens with zero attached hydrogens (tertiary/aromatic N) is 1. The lowest BCUT2D eigenvalue weighted by Gasteiger charge is -2.14. The summed E-state index contributed by atoms with van der Waals surface area (Å²) >= 11 is 0. The molecule has 0 amide bonds. The van der Waals surface area contributed by atoms with Gasteiger partial charge in [-0.2, -0.15) is 13.2 Å². The Balaban J connectivity index is 2.31. The van der Waals surface area contributed by atoms with Crippen LogP contribution in [0.15, 0.2) is 48.5 Å². The molecular weight excluding hydrogens is 343 g/mol. The smallest absolute Gasteiger partial charge is 0.416 e. The summed E-state index contributed by atoms with van der Waals surface area (Å²) in [5.74, 6) is -1.06. The van der Waals surface area contributed by atoms with Crippen LogP contribution in [-0.2, 0) is 6.18 Å². The number of carboxylic acid groups (broad SMARTS) is 1. The maximum absolute atomic E-state index is 13.0. The van der Waals surface area contributed by atoms with Crippen LogP contribution in [-0.4, -0.2) is 16.1 Å². The second-order valence-corrected chi connectivity index (χ2v) is 6.34. The summed E-state index contributed by atoms with van der Waals surface area (Å²) in [6.07, 6.45) is -4.48. The van der Waals surface area contributed by atoms with Gasteiger partial charge in [0.1, 0.15) is 0 Å². The highest BCUT2D eigenvalue weighted by Crippen LogP contribution is 2.34. The van der Waals surface area contributed by atoms with Gasteiger partial charge in [-0.3, -0.25) is 0 Å². The summed E-state index contributed by atoms with van der Waals surface area (Å²) in [4.78, 5) is 16.2. The van der Waals surface area contributed by atoms with E-state index in [9.17, 15) is 23.1 Å². The lowest BCUT2D eigenvalue weighted by atomic mass is 9.96. The summed E-state index contributed by atoms with van der Waals surface area (Å²) in [5.41, 5.74) is 0.987. The molecule has 0 bridgehead atoms. The molecule has 3 aromatic rings. The molecule has 0 spiro atoms. The molecule has 0 unspecified atom stereocenters. The van der Waals surface area contributed by atoms with Crippen LogP contribution in [0.25, 0.3) is 22.2 Å². The molecule has 0 saturated heterocycles. The van der Waals surface area contributed by atoms with Gasteiger partial charge in [-0.15, -0.1) is 0 Å². The molecule has 2 aromatic carbocycles. The number of hydrogen-bond acceptors (Lipinski definition) is 2. The van der Waals surface area contributed by atoms with Crippen molar-refractivity contribution in [1.82, 2.24) is 4.98 Å². The van der Waals surface area contributed by atoms with Crippen molar-refractivity contribution in [3.8, 4) is 11.3 Å². The number of rotatable bonds is 3. The number of hydrogen-bond donors (Lipinski definition) is 1. The molecule has 3 rings (SSSR count). The van der Waals surface area contributed by atoms with Crippen molar-refractivity contribution in [2.75, 3.05) is 0 Å². The first-order valence-corrected chi connectivity index (χ1v) is 8.03. The molecule has 6 heteroatoms. The molecule has 0 radical (unpaired) electrons. The number of carbonyl (C=O) groups is 1. The lowest BCUT2D eigenvalue weighted by Crippen LogP contribution is -2.05. The Bertz CT molecular complexity index is 994. The van der Waals surface area contributed by atoms with Gasteiger partial charge in [0.05, 0.1) is 22.3 Å². The fourth-order valence-electron chi connectivity index (χ4n) is 2.92. The van der Waals surface area contributed by atoms with Crippen molar-refractivity contribution in [2.45, 2.75) is 25.9 Å². The van der Waals surface area contributed by atoms with Crippen LogP contribution in [0.3, 0.4) is 0 Å². The molecule has 3 nitrogen and oxygen atoms in total. The number of carboxylic acids is 1. The Hall–Kier alpha value is -2.89. The molecule has 0 aliphatic rings. The van der Waals surface area contributed by atoms with Crippen molar-refractivity contribution in [1.29, 1.82) is 0 Å². The number of benzene rings is 2. The molecule has 134 valence electrons. The topological polar surface area (TPSA) is 50.2 Å². The molecule has 0 fully saturated rings. The summed E-state index contributed by atoms with van der Waals surface area (Å²) in [6.45, 7) is 3.90. The van der Waals surface area contributed by atoms with E-state index in [1.807, 2.05) is 19.9 Å². The van der Waals surface area contributed by atoms with Gasteiger partial charge in [-0.25, -0.2) is 9.78 Å². The van der Waals surface area contributed by atoms with E-state index in [1.54, 1.807) is 12.1 Å². The molecular formula is C20H16F3NO2. The van der Waals surface area contributed by atoms with E-state index >= 15 is 0 Å². The van der Waals surface area contributed by atoms with Gasteiger partial charge < -0.3 is 5.11 Å². The van der Waals surface area contributed by atoms with E-state index in [0.717, 1.165) is 17.7 Å². The zero-order valence-corrected chi connectivity index (χ0v) is 14.1. The minimum atomic E-state index is -4.48. The van der Waals surface area contributed by atoms with Gasteiger partial charge in [-0.1, -0.05) is 44.2 Å². The SMILES string of the molecule is CC(C)c1cccc2c(C(=O)O)cc(-c3cccc(C(F)(F)F)c3)nc12. The Kier molecular flexibility index (Phi) is 4.44. The van der Waals surface area contributed by atoms with E-state index in [2.05, 4.69) is 4.98 Å². The molecule has 26 heavy (non-hydrogen) atoms. The Morgan fingerprint density at radius 2 is 1.77 bits per heavy atom. The monoisotopic (exact) mass is 359 g/mol. The summed E-state index contributed by atoms with van der Waals surface area (Å²) in [6, 6.07) is 11.3. The van der Waals surface area contributed by atoms with Crippen LogP contribution in [0.5, 0.6) is 0 Å². The highest BCUT2D eigenvalue weighted by molar-refractivity contribution is 6.04. The van der Waals surface area contributed by atoms with Crippen LogP contribution in [0.2, 0.25) is 0 Å². The quantitative estimate of drug-likeness (QED) is 0.648. The van der Waals surface area contributed by atoms with Crippen LogP contribution in [0, 0.1) is 0 Å². The number of fused-ring (bicyclic) bond motifs is 1. The Morgan fingerprint density at radius 3 is 2.38 bits per heavy atom. The molecule has 1 aromatic heterocycles. The van der Waals surface area contributed by atoms with Gasteiger partial charge in [0.2, 0.25) is 0 Å². The van der Waals surface area contributed by atoms with E-state index in [1.165, 1.54) is 18.2 Å². The van der Waals surface area contributed by atoms with Crippen molar-refractivity contribution in [3.63, 3.8) is 0 Å². The molecule has 0 aliphatic heterocycles. The minimum absolute atomic E-state index is 0.0184. The van der Waals surface area contributed by atoms with Crippen LogP contribution in [0.1, 0.15) is 41.3 Å². The number of aromatic carboxylic acids is 1. The number of para-hydroxylation sites is 1. The minimum Gasteiger partial charge on any atom is -0.478 e. The predicted molar refractivity (Wildman–Crippen MR) is 93.2 cm³/mol. The first-order chi connectivity index (χ1) is 12.2. The maximum Gasteiger partial charge on any atom is 0.416 e. The van der Waals surface area contributed by atoms with E-state index in [0.29, 0.717) is 10.9 Å². The first-order valence-electron chi connectivity index (χ1n) is 8.03. The molecule has 1 heterocycles. The fourth-order valence-corrected chi connectivity index (χ4v) is 2.92. The van der Waals surface area contributed by atoms with Crippen molar-refractivity contribution < 1.29 is 23.1 Å². The van der Waals surface area contributed by atoms with Gasteiger partial charge in [-0.05, 0) is 29.7 Å². The Labute approximate surface area is 148 Å². The highest BCUT2D eigenvalue weighted by Gasteiger charge is 2.30. The van der Waals surface area contributed by atoms with Gasteiger partial charge in [0.15, 0.2) is 0 Å². The summed E-state index contributed by atoms with van der Waals surface area (Å²) in [7, 11) is 0. The third-order valence-electron chi connectivity index (χ3n) is 4.21. The summed E-state index contributed by atoms with van der Waals surface area (Å²) in [5, 5.41) is 10.0. The fraction of sp³-hybridized carbons (Fsp3) is 0.200.